The molecule has 2 aliphatic rings. The maximum absolute atomic E-state index is 13.0. The fourth-order valence-corrected chi connectivity index (χ4v) is 4.01. The summed E-state index contributed by atoms with van der Waals surface area (Å²) in [6.07, 6.45) is 10.6. The first kappa shape index (κ1) is 17.2. The number of aromatic nitrogens is 2. The molecule has 1 N–H and O–H groups in total. The van der Waals surface area contributed by atoms with Gasteiger partial charge in [0.25, 0.3) is 5.91 Å². The number of hydrogen-bond acceptors (Lipinski definition) is 4. The lowest BCUT2D eigenvalue weighted by molar-refractivity contribution is 0.0601. The van der Waals surface area contributed by atoms with Crippen molar-refractivity contribution in [3.63, 3.8) is 0 Å². The first-order chi connectivity index (χ1) is 11.7. The van der Waals surface area contributed by atoms with Gasteiger partial charge in [-0.3, -0.25) is 4.79 Å². The molecule has 132 valence electrons. The van der Waals surface area contributed by atoms with E-state index in [-0.39, 0.29) is 5.91 Å². The molecule has 1 aliphatic carbocycles. The maximum Gasteiger partial charge on any atom is 0.272 e. The second-order valence-corrected chi connectivity index (χ2v) is 7.25. The molecule has 1 saturated carbocycles. The molecule has 3 rings (SSSR count). The number of nitrogens with zero attached hydrogens (tertiary/aromatic N) is 3. The molecule has 1 aromatic heterocycles. The molecule has 2 fully saturated rings. The molecule has 24 heavy (non-hydrogen) atoms. The van der Waals surface area contributed by atoms with Crippen LogP contribution in [0.3, 0.4) is 0 Å². The van der Waals surface area contributed by atoms with Gasteiger partial charge in [0.15, 0.2) is 0 Å². The van der Waals surface area contributed by atoms with E-state index in [1.807, 2.05) is 17.9 Å². The molecule has 5 heteroatoms. The van der Waals surface area contributed by atoms with Gasteiger partial charge >= 0.3 is 0 Å². The molecule has 0 bridgehead atoms. The fraction of sp³-hybridized carbons (Fsp3) is 0.737. The summed E-state index contributed by atoms with van der Waals surface area (Å²) >= 11 is 0. The predicted octanol–water partition coefficient (Wildman–Crippen LogP) is 3.93. The second kappa shape index (κ2) is 7.95. The Morgan fingerprint density at radius 3 is 2.67 bits per heavy atom. The summed E-state index contributed by atoms with van der Waals surface area (Å²) in [5, 5.41) is 3.45. The van der Waals surface area contributed by atoms with Crippen molar-refractivity contribution in [3.05, 3.63) is 17.5 Å². The summed E-state index contributed by atoms with van der Waals surface area (Å²) in [7, 11) is 0. The van der Waals surface area contributed by atoms with Crippen LogP contribution in [-0.2, 0) is 0 Å². The van der Waals surface area contributed by atoms with Gasteiger partial charge < -0.3 is 10.2 Å². The molecule has 1 saturated heterocycles. The third-order valence-electron chi connectivity index (χ3n) is 5.37. The van der Waals surface area contributed by atoms with Crippen molar-refractivity contribution >= 4 is 11.9 Å². The predicted molar refractivity (Wildman–Crippen MR) is 96.2 cm³/mol. The van der Waals surface area contributed by atoms with Gasteiger partial charge in [0.2, 0.25) is 5.95 Å². The first-order valence-corrected chi connectivity index (χ1v) is 9.60. The third kappa shape index (κ3) is 4.05. The summed E-state index contributed by atoms with van der Waals surface area (Å²) in [4.78, 5) is 24.1. The van der Waals surface area contributed by atoms with Crippen LogP contribution in [0.1, 0.15) is 80.9 Å². The number of likely N-dealkylation sites (tertiary alicyclic amines) is 1. The number of nitrogens with one attached hydrogen (secondary N) is 1. The number of piperidine rings is 1. The Morgan fingerprint density at radius 2 is 1.92 bits per heavy atom. The van der Waals surface area contributed by atoms with Crippen molar-refractivity contribution in [2.75, 3.05) is 11.9 Å². The van der Waals surface area contributed by atoms with Crippen LogP contribution in [0, 0.1) is 6.92 Å². The molecular formula is C19H30N4O. The number of anilines is 1. The van der Waals surface area contributed by atoms with Gasteiger partial charge in [0.05, 0.1) is 0 Å². The van der Waals surface area contributed by atoms with Crippen molar-refractivity contribution < 1.29 is 4.79 Å². The Hall–Kier alpha value is -1.65. The molecule has 1 atom stereocenters. The zero-order chi connectivity index (χ0) is 16.9. The topological polar surface area (TPSA) is 58.1 Å². The van der Waals surface area contributed by atoms with Crippen LogP contribution in [0.25, 0.3) is 0 Å². The van der Waals surface area contributed by atoms with Crippen LogP contribution < -0.4 is 5.32 Å². The lowest BCUT2D eigenvalue weighted by Gasteiger charge is -2.35. The van der Waals surface area contributed by atoms with Gasteiger partial charge in [-0.1, -0.05) is 26.2 Å². The fourth-order valence-electron chi connectivity index (χ4n) is 4.01. The van der Waals surface area contributed by atoms with E-state index in [0.717, 1.165) is 31.5 Å². The minimum absolute atomic E-state index is 0.0683. The van der Waals surface area contributed by atoms with E-state index in [0.29, 0.717) is 23.7 Å². The van der Waals surface area contributed by atoms with Crippen molar-refractivity contribution in [2.45, 2.75) is 83.7 Å². The Labute approximate surface area is 145 Å². The quantitative estimate of drug-likeness (QED) is 0.908. The number of aryl methyl sites for hydroxylation is 1. The summed E-state index contributed by atoms with van der Waals surface area (Å²) in [5.74, 6) is 0.689. The number of carbonyl (C=O) groups excluding carboxylic acids is 1. The number of rotatable bonds is 4. The van der Waals surface area contributed by atoms with Crippen molar-refractivity contribution in [1.82, 2.24) is 14.9 Å². The van der Waals surface area contributed by atoms with Crippen molar-refractivity contribution in [1.29, 1.82) is 0 Å². The van der Waals surface area contributed by atoms with Gasteiger partial charge in [0, 0.05) is 24.3 Å². The highest BCUT2D eigenvalue weighted by atomic mass is 16.2. The average Bonchev–Trinajstić information content (AvgIpc) is 2.61. The standard InChI is InChI=1S/C19H30N4O/c1-3-16-11-7-8-12-23(16)18(24)17-13-14(2)20-19(22-17)21-15-9-5-4-6-10-15/h13,15-16H,3-12H2,1-2H3,(H,20,21,22). The lowest BCUT2D eigenvalue weighted by atomic mass is 9.96. The highest BCUT2D eigenvalue weighted by molar-refractivity contribution is 5.93. The number of amides is 1. The van der Waals surface area contributed by atoms with Crippen LogP contribution in [0.5, 0.6) is 0 Å². The smallest absolute Gasteiger partial charge is 0.272 e. The maximum atomic E-state index is 13.0. The molecule has 1 aliphatic heterocycles. The molecule has 1 aromatic rings. The summed E-state index contributed by atoms with van der Waals surface area (Å²) < 4.78 is 0. The SMILES string of the molecule is CCC1CCCCN1C(=O)c1cc(C)nc(NC2CCCCC2)n1. The largest absolute Gasteiger partial charge is 0.351 e. The lowest BCUT2D eigenvalue weighted by Crippen LogP contribution is -2.43. The molecule has 5 nitrogen and oxygen atoms in total. The van der Waals surface area contributed by atoms with E-state index in [1.165, 1.54) is 38.5 Å². The van der Waals surface area contributed by atoms with Crippen molar-refractivity contribution in [3.8, 4) is 0 Å². The van der Waals surface area contributed by atoms with Crippen LogP contribution >= 0.6 is 0 Å². The van der Waals surface area contributed by atoms with E-state index in [1.54, 1.807) is 0 Å². The molecule has 0 aromatic carbocycles. The minimum atomic E-state index is 0.0683. The number of hydrogen-bond donors (Lipinski definition) is 1. The monoisotopic (exact) mass is 330 g/mol. The normalized spacial score (nSPS) is 22.4. The van der Waals surface area contributed by atoms with E-state index >= 15 is 0 Å². The van der Waals surface area contributed by atoms with E-state index in [4.69, 9.17) is 0 Å². The van der Waals surface area contributed by atoms with E-state index in [2.05, 4.69) is 22.2 Å². The van der Waals surface area contributed by atoms with Gasteiger partial charge in [-0.05, 0) is 51.5 Å². The number of carbonyl (C=O) groups is 1. The zero-order valence-corrected chi connectivity index (χ0v) is 15.1. The van der Waals surface area contributed by atoms with Crippen LogP contribution in [0.15, 0.2) is 6.07 Å². The van der Waals surface area contributed by atoms with Gasteiger partial charge in [-0.15, -0.1) is 0 Å². The Balaban J connectivity index is 1.75. The van der Waals surface area contributed by atoms with E-state index in [9.17, 15) is 4.79 Å². The highest BCUT2D eigenvalue weighted by Gasteiger charge is 2.27. The second-order valence-electron chi connectivity index (χ2n) is 7.25. The van der Waals surface area contributed by atoms with Crippen LogP contribution in [-0.4, -0.2) is 39.4 Å². The van der Waals surface area contributed by atoms with Crippen LogP contribution in [0.4, 0.5) is 5.95 Å². The first-order valence-electron chi connectivity index (χ1n) is 9.60. The molecular weight excluding hydrogens is 300 g/mol. The van der Waals surface area contributed by atoms with Crippen molar-refractivity contribution in [2.24, 2.45) is 0 Å². The Bertz CT molecular complexity index is 568. The molecule has 1 amide bonds. The molecule has 1 unspecified atom stereocenters. The van der Waals surface area contributed by atoms with E-state index < -0.39 is 0 Å². The molecule has 0 radical (unpaired) electrons. The van der Waals surface area contributed by atoms with Crippen LogP contribution in [0.2, 0.25) is 0 Å². The highest BCUT2D eigenvalue weighted by Crippen LogP contribution is 2.23. The summed E-state index contributed by atoms with van der Waals surface area (Å²) in [5.41, 5.74) is 1.40. The van der Waals surface area contributed by atoms with Gasteiger partial charge in [-0.25, -0.2) is 9.97 Å². The van der Waals surface area contributed by atoms with Gasteiger partial charge in [0.1, 0.15) is 5.69 Å². The zero-order valence-electron chi connectivity index (χ0n) is 15.1. The van der Waals surface area contributed by atoms with Gasteiger partial charge in [-0.2, -0.15) is 0 Å². The molecule has 2 heterocycles. The Kier molecular flexibility index (Phi) is 5.69. The summed E-state index contributed by atoms with van der Waals surface area (Å²) in [6.45, 7) is 4.96. The third-order valence-corrected chi connectivity index (χ3v) is 5.37. The average molecular weight is 330 g/mol. The minimum Gasteiger partial charge on any atom is -0.351 e. The Morgan fingerprint density at radius 1 is 1.17 bits per heavy atom. The summed E-state index contributed by atoms with van der Waals surface area (Å²) in [6, 6.07) is 2.63. The molecule has 0 spiro atoms.